The highest BCUT2D eigenvalue weighted by Crippen LogP contribution is 2.27. The van der Waals surface area contributed by atoms with Crippen molar-refractivity contribution < 1.29 is 14.2 Å². The first-order valence-corrected chi connectivity index (χ1v) is 8.81. The third-order valence-corrected chi connectivity index (χ3v) is 3.92. The number of methoxy groups -OCH3 is 1. The largest absolute Gasteiger partial charge is 0.493 e. The lowest BCUT2D eigenvalue weighted by molar-refractivity contribution is 0.0389. The first kappa shape index (κ1) is 19.4. The molecule has 1 aromatic rings. The van der Waals surface area contributed by atoms with Crippen molar-refractivity contribution >= 4 is 23.5 Å². The molecule has 0 aliphatic carbocycles. The van der Waals surface area contributed by atoms with E-state index in [0.29, 0.717) is 17.5 Å². The second-order valence-corrected chi connectivity index (χ2v) is 5.83. The first-order chi connectivity index (χ1) is 12.2. The van der Waals surface area contributed by atoms with E-state index in [-0.39, 0.29) is 0 Å². The summed E-state index contributed by atoms with van der Waals surface area (Å²) in [6, 6.07) is 5.64. The van der Waals surface area contributed by atoms with E-state index < -0.39 is 0 Å². The summed E-state index contributed by atoms with van der Waals surface area (Å²) in [4.78, 5) is 2.34. The zero-order chi connectivity index (χ0) is 17.9. The standard InChI is InChI=1S/C17H26N4O3S/c1-3-24-15-5-4-14(12-16(15)22-2)13-19-20-17(25)18-6-7-21-8-10-23-11-9-21/h4-5,12-13H,3,6-11H2,1-2H3,(H2,18,20,25)/b19-13+. The maximum Gasteiger partial charge on any atom is 0.187 e. The second kappa shape index (κ2) is 10.9. The Hall–Kier alpha value is -1.90. The summed E-state index contributed by atoms with van der Waals surface area (Å²) in [5.74, 6) is 1.40. The van der Waals surface area contributed by atoms with Crippen LogP contribution in [0.1, 0.15) is 12.5 Å². The fraction of sp³-hybridized carbons (Fsp3) is 0.529. The zero-order valence-corrected chi connectivity index (χ0v) is 15.6. The Morgan fingerprint density at radius 2 is 2.16 bits per heavy atom. The summed E-state index contributed by atoms with van der Waals surface area (Å²) < 4.78 is 16.1. The minimum atomic E-state index is 0.502. The minimum absolute atomic E-state index is 0.502. The second-order valence-electron chi connectivity index (χ2n) is 5.42. The molecule has 1 aromatic carbocycles. The van der Waals surface area contributed by atoms with Crippen LogP contribution < -0.4 is 20.2 Å². The predicted octanol–water partition coefficient (Wildman–Crippen LogP) is 1.22. The molecule has 0 spiro atoms. The molecule has 0 amide bonds. The van der Waals surface area contributed by atoms with Crippen molar-refractivity contribution in [3.8, 4) is 11.5 Å². The molecule has 1 fully saturated rings. The Balaban J connectivity index is 1.73. The van der Waals surface area contributed by atoms with Gasteiger partial charge in [0.1, 0.15) is 0 Å². The van der Waals surface area contributed by atoms with Crippen LogP contribution >= 0.6 is 12.2 Å². The lowest BCUT2D eigenvalue weighted by atomic mass is 10.2. The molecule has 0 atom stereocenters. The monoisotopic (exact) mass is 366 g/mol. The maximum atomic E-state index is 5.49. The molecule has 1 heterocycles. The van der Waals surface area contributed by atoms with Gasteiger partial charge >= 0.3 is 0 Å². The normalized spacial score (nSPS) is 15.1. The van der Waals surface area contributed by atoms with Crippen LogP contribution in [0.5, 0.6) is 11.5 Å². The van der Waals surface area contributed by atoms with Crippen molar-refractivity contribution in [3.05, 3.63) is 23.8 Å². The number of nitrogens with one attached hydrogen (secondary N) is 2. The Kier molecular flexibility index (Phi) is 8.44. The molecule has 0 bridgehead atoms. The summed E-state index contributed by atoms with van der Waals surface area (Å²) in [5, 5.41) is 7.80. The van der Waals surface area contributed by atoms with E-state index in [1.165, 1.54) is 0 Å². The van der Waals surface area contributed by atoms with Gasteiger partial charge in [-0.05, 0) is 42.9 Å². The van der Waals surface area contributed by atoms with E-state index in [1.54, 1.807) is 13.3 Å². The molecule has 1 aliphatic rings. The van der Waals surface area contributed by atoms with Gasteiger partial charge in [-0.2, -0.15) is 5.10 Å². The Morgan fingerprint density at radius 1 is 1.36 bits per heavy atom. The number of benzene rings is 1. The molecule has 25 heavy (non-hydrogen) atoms. The highest BCUT2D eigenvalue weighted by molar-refractivity contribution is 7.80. The Morgan fingerprint density at radius 3 is 2.88 bits per heavy atom. The third kappa shape index (κ3) is 6.85. The van der Waals surface area contributed by atoms with Crippen LogP contribution in [0.2, 0.25) is 0 Å². The molecule has 7 nitrogen and oxygen atoms in total. The van der Waals surface area contributed by atoms with Gasteiger partial charge in [0.25, 0.3) is 0 Å². The van der Waals surface area contributed by atoms with Crippen LogP contribution in [-0.2, 0) is 4.74 Å². The predicted molar refractivity (Wildman–Crippen MR) is 103 cm³/mol. The fourth-order valence-corrected chi connectivity index (χ4v) is 2.55. The molecule has 1 aliphatic heterocycles. The van der Waals surface area contributed by atoms with Crippen LogP contribution in [0.15, 0.2) is 23.3 Å². The van der Waals surface area contributed by atoms with E-state index >= 15 is 0 Å². The smallest absolute Gasteiger partial charge is 0.187 e. The van der Waals surface area contributed by atoms with Crippen LogP contribution in [0.25, 0.3) is 0 Å². The quantitative estimate of drug-likeness (QED) is 0.407. The molecular formula is C17H26N4O3S. The SMILES string of the molecule is CCOc1ccc(/C=N/NC(=S)NCCN2CCOCC2)cc1OC. The van der Waals surface area contributed by atoms with Crippen molar-refractivity contribution in [2.75, 3.05) is 53.1 Å². The highest BCUT2D eigenvalue weighted by atomic mass is 32.1. The van der Waals surface area contributed by atoms with Crippen molar-refractivity contribution in [3.63, 3.8) is 0 Å². The number of ether oxygens (including phenoxy) is 3. The molecule has 0 unspecified atom stereocenters. The summed E-state index contributed by atoms with van der Waals surface area (Å²) in [7, 11) is 1.62. The molecule has 0 radical (unpaired) electrons. The summed E-state index contributed by atoms with van der Waals surface area (Å²) >= 11 is 5.22. The Labute approximate surface area is 154 Å². The van der Waals surface area contributed by atoms with Gasteiger partial charge in [-0.1, -0.05) is 0 Å². The van der Waals surface area contributed by atoms with E-state index in [1.807, 2.05) is 25.1 Å². The van der Waals surface area contributed by atoms with Crippen molar-refractivity contribution in [1.29, 1.82) is 0 Å². The minimum Gasteiger partial charge on any atom is -0.493 e. The molecule has 138 valence electrons. The van der Waals surface area contributed by atoms with E-state index in [0.717, 1.165) is 50.7 Å². The topological polar surface area (TPSA) is 67.4 Å². The lowest BCUT2D eigenvalue weighted by Gasteiger charge is -2.26. The summed E-state index contributed by atoms with van der Waals surface area (Å²) in [6.45, 7) is 7.79. The van der Waals surface area contributed by atoms with Gasteiger partial charge in [0.15, 0.2) is 16.6 Å². The van der Waals surface area contributed by atoms with Crippen molar-refractivity contribution in [1.82, 2.24) is 15.6 Å². The number of hydrazone groups is 1. The number of rotatable bonds is 8. The van der Waals surface area contributed by atoms with Gasteiger partial charge in [-0.15, -0.1) is 0 Å². The first-order valence-electron chi connectivity index (χ1n) is 8.40. The van der Waals surface area contributed by atoms with Crippen LogP contribution in [0, 0.1) is 0 Å². The Bertz CT molecular complexity index is 577. The van der Waals surface area contributed by atoms with Gasteiger partial charge in [0.2, 0.25) is 0 Å². The van der Waals surface area contributed by atoms with Gasteiger partial charge in [0.05, 0.1) is 33.1 Å². The molecule has 0 aromatic heterocycles. The van der Waals surface area contributed by atoms with E-state index in [4.69, 9.17) is 26.4 Å². The molecule has 0 saturated carbocycles. The van der Waals surface area contributed by atoms with E-state index in [9.17, 15) is 0 Å². The summed E-state index contributed by atoms with van der Waals surface area (Å²) in [5.41, 5.74) is 3.71. The number of nitrogens with zero attached hydrogens (tertiary/aromatic N) is 2. The van der Waals surface area contributed by atoms with Gasteiger partial charge < -0.3 is 19.5 Å². The van der Waals surface area contributed by atoms with Gasteiger partial charge in [-0.25, -0.2) is 0 Å². The van der Waals surface area contributed by atoms with Crippen molar-refractivity contribution in [2.45, 2.75) is 6.92 Å². The zero-order valence-electron chi connectivity index (χ0n) is 14.8. The third-order valence-electron chi connectivity index (χ3n) is 3.68. The fourth-order valence-electron chi connectivity index (χ4n) is 2.40. The lowest BCUT2D eigenvalue weighted by Crippen LogP contribution is -2.42. The number of morpholine rings is 1. The molecule has 2 rings (SSSR count). The van der Waals surface area contributed by atoms with Gasteiger partial charge in [-0.3, -0.25) is 10.3 Å². The average Bonchev–Trinajstić information content (AvgIpc) is 2.64. The van der Waals surface area contributed by atoms with Crippen molar-refractivity contribution in [2.24, 2.45) is 5.10 Å². The van der Waals surface area contributed by atoms with Crippen LogP contribution in [-0.4, -0.2) is 69.3 Å². The van der Waals surface area contributed by atoms with Crippen LogP contribution in [0.4, 0.5) is 0 Å². The molecule has 1 saturated heterocycles. The number of hydrogen-bond donors (Lipinski definition) is 2. The van der Waals surface area contributed by atoms with Crippen LogP contribution in [0.3, 0.4) is 0 Å². The number of thiocarbonyl (C=S) groups is 1. The average molecular weight is 366 g/mol. The number of hydrogen-bond acceptors (Lipinski definition) is 6. The molecule has 8 heteroatoms. The maximum absolute atomic E-state index is 5.49. The molecular weight excluding hydrogens is 340 g/mol. The molecule has 2 N–H and O–H groups in total. The van der Waals surface area contributed by atoms with Gasteiger partial charge in [0, 0.05) is 26.2 Å². The van der Waals surface area contributed by atoms with E-state index in [2.05, 4.69) is 20.7 Å². The summed E-state index contributed by atoms with van der Waals surface area (Å²) in [6.07, 6.45) is 1.69. The highest BCUT2D eigenvalue weighted by Gasteiger charge is 2.09.